The van der Waals surface area contributed by atoms with E-state index in [1.807, 2.05) is 6.92 Å². The Bertz CT molecular complexity index is 281. The lowest BCUT2D eigenvalue weighted by atomic mass is 10.2. The fourth-order valence-electron chi connectivity index (χ4n) is 2.18. The molecule has 0 radical (unpaired) electrons. The molecule has 1 saturated heterocycles. The molecule has 6 heteroatoms. The summed E-state index contributed by atoms with van der Waals surface area (Å²) in [5.74, 6) is 0.826. The summed E-state index contributed by atoms with van der Waals surface area (Å²) in [6.07, 6.45) is 3.48. The van der Waals surface area contributed by atoms with Gasteiger partial charge in [0.25, 0.3) is 0 Å². The first-order valence-corrected chi connectivity index (χ1v) is 7.99. The molecule has 1 rings (SSSR count). The van der Waals surface area contributed by atoms with Gasteiger partial charge in [0.2, 0.25) is 0 Å². The third kappa shape index (κ3) is 8.90. The van der Waals surface area contributed by atoms with Crippen molar-refractivity contribution in [2.75, 3.05) is 46.6 Å². The summed E-state index contributed by atoms with van der Waals surface area (Å²) in [4.78, 5) is 4.62. The molecule has 1 fully saturated rings. The van der Waals surface area contributed by atoms with Crippen molar-refractivity contribution in [1.29, 1.82) is 0 Å². The summed E-state index contributed by atoms with van der Waals surface area (Å²) in [5, 5.41) is 6.69. The van der Waals surface area contributed by atoms with Crippen LogP contribution in [0.4, 0.5) is 0 Å². The van der Waals surface area contributed by atoms with Gasteiger partial charge < -0.3 is 24.8 Å². The predicted molar refractivity (Wildman–Crippen MR) is 84.9 cm³/mol. The summed E-state index contributed by atoms with van der Waals surface area (Å²) >= 11 is 0. The van der Waals surface area contributed by atoms with Crippen LogP contribution in [0.1, 0.15) is 33.1 Å². The minimum absolute atomic E-state index is 0.220. The van der Waals surface area contributed by atoms with Gasteiger partial charge in [-0.15, -0.1) is 0 Å². The Morgan fingerprint density at radius 2 is 2.33 bits per heavy atom. The maximum absolute atomic E-state index is 5.61. The molecule has 1 heterocycles. The largest absolute Gasteiger partial charge is 0.383 e. The quantitative estimate of drug-likeness (QED) is 0.360. The van der Waals surface area contributed by atoms with E-state index in [0.717, 1.165) is 51.6 Å². The molecule has 124 valence electrons. The Kier molecular flexibility index (Phi) is 10.2. The minimum atomic E-state index is 0.220. The van der Waals surface area contributed by atoms with Crippen LogP contribution in [-0.2, 0) is 14.2 Å². The molecular formula is C15H31N3O3. The van der Waals surface area contributed by atoms with Crippen LogP contribution in [0.5, 0.6) is 0 Å². The van der Waals surface area contributed by atoms with Crippen LogP contribution >= 0.6 is 0 Å². The van der Waals surface area contributed by atoms with Crippen LogP contribution in [0.2, 0.25) is 0 Å². The Labute approximate surface area is 128 Å². The number of methoxy groups -OCH3 is 1. The lowest BCUT2D eigenvalue weighted by Gasteiger charge is -2.18. The molecule has 0 saturated carbocycles. The van der Waals surface area contributed by atoms with Gasteiger partial charge in [-0.1, -0.05) is 0 Å². The first-order valence-electron chi connectivity index (χ1n) is 7.99. The van der Waals surface area contributed by atoms with Crippen molar-refractivity contribution in [2.24, 2.45) is 4.99 Å². The van der Waals surface area contributed by atoms with Crippen molar-refractivity contribution in [2.45, 2.75) is 45.3 Å². The molecule has 0 spiro atoms. The highest BCUT2D eigenvalue weighted by atomic mass is 16.5. The van der Waals surface area contributed by atoms with Gasteiger partial charge in [0.15, 0.2) is 5.96 Å². The topological polar surface area (TPSA) is 64.1 Å². The normalized spacial score (nSPS) is 20.5. The highest BCUT2D eigenvalue weighted by Gasteiger charge is 2.15. The molecule has 0 aromatic heterocycles. The fourth-order valence-corrected chi connectivity index (χ4v) is 2.18. The van der Waals surface area contributed by atoms with Gasteiger partial charge in [-0.3, -0.25) is 4.99 Å². The van der Waals surface area contributed by atoms with Crippen LogP contribution in [0.15, 0.2) is 4.99 Å². The second-order valence-corrected chi connectivity index (χ2v) is 5.30. The highest BCUT2D eigenvalue weighted by molar-refractivity contribution is 5.80. The van der Waals surface area contributed by atoms with E-state index in [2.05, 4.69) is 22.5 Å². The first-order chi connectivity index (χ1) is 10.3. The Morgan fingerprint density at radius 1 is 1.48 bits per heavy atom. The number of hydrogen-bond acceptors (Lipinski definition) is 4. The Morgan fingerprint density at radius 3 is 3.00 bits per heavy atom. The van der Waals surface area contributed by atoms with E-state index in [1.54, 1.807) is 7.11 Å². The molecule has 1 aliphatic heterocycles. The average Bonchev–Trinajstić information content (AvgIpc) is 2.97. The van der Waals surface area contributed by atoms with Crippen molar-refractivity contribution in [1.82, 2.24) is 10.6 Å². The van der Waals surface area contributed by atoms with E-state index < -0.39 is 0 Å². The number of nitrogens with one attached hydrogen (secondary N) is 2. The maximum atomic E-state index is 5.61. The van der Waals surface area contributed by atoms with E-state index >= 15 is 0 Å². The van der Waals surface area contributed by atoms with Crippen LogP contribution in [0.25, 0.3) is 0 Å². The van der Waals surface area contributed by atoms with Crippen LogP contribution < -0.4 is 10.6 Å². The molecule has 21 heavy (non-hydrogen) atoms. The number of guanidine groups is 1. The number of hydrogen-bond donors (Lipinski definition) is 2. The average molecular weight is 301 g/mol. The Hall–Kier alpha value is -0.850. The first kappa shape index (κ1) is 18.2. The van der Waals surface area contributed by atoms with Crippen molar-refractivity contribution >= 4 is 5.96 Å². The third-order valence-corrected chi connectivity index (χ3v) is 3.24. The molecule has 6 nitrogen and oxygen atoms in total. The summed E-state index contributed by atoms with van der Waals surface area (Å²) in [7, 11) is 1.71. The molecule has 1 aliphatic rings. The van der Waals surface area contributed by atoms with Crippen molar-refractivity contribution in [3.63, 3.8) is 0 Å². The van der Waals surface area contributed by atoms with Crippen molar-refractivity contribution < 1.29 is 14.2 Å². The van der Waals surface area contributed by atoms with Gasteiger partial charge in [0.05, 0.1) is 19.3 Å². The molecule has 0 unspecified atom stereocenters. The lowest BCUT2D eigenvalue weighted by molar-refractivity contribution is 0.117. The van der Waals surface area contributed by atoms with E-state index in [1.165, 1.54) is 0 Å². The van der Waals surface area contributed by atoms with Gasteiger partial charge in [-0.05, 0) is 33.1 Å². The molecule has 0 aliphatic carbocycles. The Balaban J connectivity index is 2.34. The predicted octanol–water partition coefficient (Wildman–Crippen LogP) is 1.16. The van der Waals surface area contributed by atoms with Gasteiger partial charge in [0.1, 0.15) is 0 Å². The smallest absolute Gasteiger partial charge is 0.191 e. The third-order valence-electron chi connectivity index (χ3n) is 3.24. The van der Waals surface area contributed by atoms with Crippen molar-refractivity contribution in [3.05, 3.63) is 0 Å². The standard InChI is InChI=1S/C15H31N3O3/c1-4-20-9-6-8-16-15(18-13(2)12-19-3)17-11-14-7-5-10-21-14/h13-14H,4-12H2,1-3H3,(H2,16,17,18)/t13-,14+/m1/s1. The SMILES string of the molecule is CCOCCCNC(=NC[C@@H]1CCCO1)N[C@H](C)COC. The monoisotopic (exact) mass is 301 g/mol. The molecule has 0 amide bonds. The summed E-state index contributed by atoms with van der Waals surface area (Å²) in [6.45, 7) is 8.70. The number of ether oxygens (including phenoxy) is 3. The van der Waals surface area contributed by atoms with E-state index in [9.17, 15) is 0 Å². The van der Waals surface area contributed by atoms with E-state index in [4.69, 9.17) is 14.2 Å². The highest BCUT2D eigenvalue weighted by Crippen LogP contribution is 2.11. The van der Waals surface area contributed by atoms with E-state index in [0.29, 0.717) is 13.2 Å². The summed E-state index contributed by atoms with van der Waals surface area (Å²) < 4.78 is 16.1. The van der Waals surface area contributed by atoms with Gasteiger partial charge in [-0.2, -0.15) is 0 Å². The second kappa shape index (κ2) is 11.8. The molecular weight excluding hydrogens is 270 g/mol. The van der Waals surface area contributed by atoms with Gasteiger partial charge in [0, 0.05) is 39.5 Å². The molecule has 0 aromatic carbocycles. The van der Waals surface area contributed by atoms with Crippen LogP contribution in [0.3, 0.4) is 0 Å². The van der Waals surface area contributed by atoms with Crippen LogP contribution in [0, 0.1) is 0 Å². The molecule has 2 N–H and O–H groups in total. The van der Waals surface area contributed by atoms with Crippen LogP contribution in [-0.4, -0.2) is 64.7 Å². The van der Waals surface area contributed by atoms with Crippen molar-refractivity contribution in [3.8, 4) is 0 Å². The molecule has 2 atom stereocenters. The zero-order valence-electron chi connectivity index (χ0n) is 13.7. The molecule has 0 aromatic rings. The van der Waals surface area contributed by atoms with Gasteiger partial charge in [-0.25, -0.2) is 0 Å². The second-order valence-electron chi connectivity index (χ2n) is 5.30. The minimum Gasteiger partial charge on any atom is -0.383 e. The lowest BCUT2D eigenvalue weighted by Crippen LogP contribution is -2.44. The maximum Gasteiger partial charge on any atom is 0.191 e. The number of nitrogens with zero attached hydrogens (tertiary/aromatic N) is 1. The summed E-state index contributed by atoms with van der Waals surface area (Å²) in [5.41, 5.74) is 0. The fraction of sp³-hybridized carbons (Fsp3) is 0.933. The zero-order valence-corrected chi connectivity index (χ0v) is 13.7. The molecule has 0 bridgehead atoms. The number of aliphatic imine (C=N–C) groups is 1. The number of rotatable bonds is 10. The summed E-state index contributed by atoms with van der Waals surface area (Å²) in [6, 6.07) is 0.220. The van der Waals surface area contributed by atoms with E-state index in [-0.39, 0.29) is 12.1 Å². The zero-order chi connectivity index (χ0) is 15.3. The van der Waals surface area contributed by atoms with Gasteiger partial charge >= 0.3 is 0 Å².